The van der Waals surface area contributed by atoms with Gasteiger partial charge in [0, 0.05) is 9.26 Å². The Hall–Kier alpha value is -1.35. The van der Waals surface area contributed by atoms with Gasteiger partial charge in [-0.05, 0) is 65.4 Å². The Labute approximate surface area is 130 Å². The molecule has 20 heavy (non-hydrogen) atoms. The number of hydrogen-bond donors (Lipinski definition) is 2. The van der Waals surface area contributed by atoms with Crippen molar-refractivity contribution in [2.24, 2.45) is 0 Å². The third-order valence-corrected chi connectivity index (χ3v) is 4.85. The van der Waals surface area contributed by atoms with Gasteiger partial charge in [-0.1, -0.05) is 6.07 Å². The minimum absolute atomic E-state index is 0.0322. The summed E-state index contributed by atoms with van der Waals surface area (Å²) >= 11 is 2.08. The van der Waals surface area contributed by atoms with Crippen LogP contribution in [0.4, 0.5) is 15.8 Å². The SMILES string of the molecule is Cc1cc(F)c(N)cc1S(=O)(=O)Nc1cccc(I)c1. The van der Waals surface area contributed by atoms with E-state index < -0.39 is 15.8 Å². The molecular weight excluding hydrogens is 394 g/mol. The summed E-state index contributed by atoms with van der Waals surface area (Å²) in [6.45, 7) is 1.52. The van der Waals surface area contributed by atoms with E-state index in [2.05, 4.69) is 27.3 Å². The Morgan fingerprint density at radius 1 is 1.25 bits per heavy atom. The quantitative estimate of drug-likeness (QED) is 0.608. The van der Waals surface area contributed by atoms with E-state index >= 15 is 0 Å². The van der Waals surface area contributed by atoms with Gasteiger partial charge in [0.2, 0.25) is 0 Å². The number of benzene rings is 2. The minimum atomic E-state index is -3.80. The molecule has 0 atom stereocenters. The topological polar surface area (TPSA) is 72.2 Å². The van der Waals surface area contributed by atoms with E-state index in [9.17, 15) is 12.8 Å². The van der Waals surface area contributed by atoms with Crippen LogP contribution in [0.2, 0.25) is 0 Å². The van der Waals surface area contributed by atoms with E-state index in [1.54, 1.807) is 18.2 Å². The Kier molecular flexibility index (Phi) is 4.19. The minimum Gasteiger partial charge on any atom is -0.396 e. The van der Waals surface area contributed by atoms with Gasteiger partial charge in [0.25, 0.3) is 10.0 Å². The van der Waals surface area contributed by atoms with E-state index in [-0.39, 0.29) is 10.6 Å². The van der Waals surface area contributed by atoms with Crippen molar-refractivity contribution in [2.75, 3.05) is 10.5 Å². The maximum atomic E-state index is 13.3. The van der Waals surface area contributed by atoms with Gasteiger partial charge in [-0.25, -0.2) is 12.8 Å². The molecule has 2 aromatic carbocycles. The summed E-state index contributed by atoms with van der Waals surface area (Å²) in [6.07, 6.45) is 0. The number of rotatable bonds is 3. The number of aryl methyl sites for hydroxylation is 1. The highest BCUT2D eigenvalue weighted by atomic mass is 127. The van der Waals surface area contributed by atoms with Crippen LogP contribution in [0.15, 0.2) is 41.3 Å². The molecule has 0 amide bonds. The molecule has 0 heterocycles. The number of nitrogens with two attached hydrogens (primary N) is 1. The molecule has 2 rings (SSSR count). The molecule has 0 saturated carbocycles. The predicted octanol–water partition coefficient (Wildman–Crippen LogP) is 3.12. The molecule has 0 unspecified atom stereocenters. The number of nitrogens with one attached hydrogen (secondary N) is 1. The zero-order chi connectivity index (χ0) is 14.9. The van der Waals surface area contributed by atoms with Crippen LogP contribution in [0.3, 0.4) is 0 Å². The lowest BCUT2D eigenvalue weighted by molar-refractivity contribution is 0.599. The maximum Gasteiger partial charge on any atom is 0.262 e. The predicted molar refractivity (Wildman–Crippen MR) is 85.5 cm³/mol. The standard InChI is InChI=1S/C13H12FIN2O2S/c1-8-5-11(14)12(16)7-13(8)20(18,19)17-10-4-2-3-9(15)6-10/h2-7,17H,16H2,1H3. The van der Waals surface area contributed by atoms with Gasteiger partial charge in [0.1, 0.15) is 5.82 Å². The zero-order valence-corrected chi connectivity index (χ0v) is 13.5. The normalized spacial score (nSPS) is 11.3. The monoisotopic (exact) mass is 406 g/mol. The van der Waals surface area contributed by atoms with Gasteiger partial charge in [0.05, 0.1) is 10.6 Å². The molecule has 3 N–H and O–H groups in total. The van der Waals surface area contributed by atoms with Crippen molar-refractivity contribution in [2.45, 2.75) is 11.8 Å². The van der Waals surface area contributed by atoms with Gasteiger partial charge in [-0.2, -0.15) is 0 Å². The zero-order valence-electron chi connectivity index (χ0n) is 10.5. The number of halogens is 2. The maximum absolute atomic E-state index is 13.3. The molecule has 2 aromatic rings. The van der Waals surface area contributed by atoms with Crippen molar-refractivity contribution in [3.63, 3.8) is 0 Å². The average Bonchev–Trinajstić information content (AvgIpc) is 2.33. The lowest BCUT2D eigenvalue weighted by Crippen LogP contribution is -2.15. The first kappa shape index (κ1) is 15.0. The van der Waals surface area contributed by atoms with E-state index in [1.807, 2.05) is 6.07 Å². The number of sulfonamides is 1. The first-order chi connectivity index (χ1) is 9.29. The van der Waals surface area contributed by atoms with Crippen LogP contribution in [0.5, 0.6) is 0 Å². The molecule has 106 valence electrons. The van der Waals surface area contributed by atoms with Gasteiger partial charge in [-0.15, -0.1) is 0 Å². The van der Waals surface area contributed by atoms with Gasteiger partial charge in [0.15, 0.2) is 0 Å². The van der Waals surface area contributed by atoms with Crippen LogP contribution in [0, 0.1) is 16.3 Å². The molecule has 7 heteroatoms. The van der Waals surface area contributed by atoms with Gasteiger partial charge in [-0.3, -0.25) is 4.72 Å². The fourth-order valence-corrected chi connectivity index (χ4v) is 3.58. The lowest BCUT2D eigenvalue weighted by Gasteiger charge is -2.11. The van der Waals surface area contributed by atoms with E-state index in [4.69, 9.17) is 5.73 Å². The highest BCUT2D eigenvalue weighted by molar-refractivity contribution is 14.1. The highest BCUT2D eigenvalue weighted by Gasteiger charge is 2.19. The van der Waals surface area contributed by atoms with Crippen LogP contribution in [-0.2, 0) is 10.0 Å². The fraction of sp³-hybridized carbons (Fsp3) is 0.0769. The van der Waals surface area contributed by atoms with E-state index in [0.29, 0.717) is 11.3 Å². The lowest BCUT2D eigenvalue weighted by atomic mass is 10.2. The summed E-state index contributed by atoms with van der Waals surface area (Å²) in [7, 11) is -3.80. The first-order valence-corrected chi connectivity index (χ1v) is 8.20. The van der Waals surface area contributed by atoms with Crippen molar-refractivity contribution in [3.05, 3.63) is 51.3 Å². The molecule has 0 radical (unpaired) electrons. The molecule has 0 fully saturated rings. The number of hydrogen-bond acceptors (Lipinski definition) is 3. The Balaban J connectivity index is 2.43. The number of anilines is 2. The van der Waals surface area contributed by atoms with Crippen LogP contribution >= 0.6 is 22.6 Å². The summed E-state index contributed by atoms with van der Waals surface area (Å²) in [6, 6.07) is 9.16. The van der Waals surface area contributed by atoms with Crippen LogP contribution in [0.1, 0.15) is 5.56 Å². The molecule has 0 bridgehead atoms. The average molecular weight is 406 g/mol. The molecule has 4 nitrogen and oxygen atoms in total. The van der Waals surface area contributed by atoms with Crippen molar-refractivity contribution >= 4 is 44.0 Å². The van der Waals surface area contributed by atoms with Crippen molar-refractivity contribution < 1.29 is 12.8 Å². The van der Waals surface area contributed by atoms with Crippen LogP contribution < -0.4 is 10.5 Å². The van der Waals surface area contributed by atoms with E-state index in [1.165, 1.54) is 6.92 Å². The Bertz CT molecular complexity index is 763. The van der Waals surface area contributed by atoms with Crippen molar-refractivity contribution in [1.82, 2.24) is 0 Å². The summed E-state index contributed by atoms with van der Waals surface area (Å²) in [4.78, 5) is -0.0322. The summed E-state index contributed by atoms with van der Waals surface area (Å²) in [5.74, 6) is -0.629. The molecule has 0 aliphatic carbocycles. The second-order valence-electron chi connectivity index (χ2n) is 4.26. The van der Waals surface area contributed by atoms with Crippen LogP contribution in [-0.4, -0.2) is 8.42 Å². The number of nitrogen functional groups attached to an aromatic ring is 1. The third-order valence-electron chi connectivity index (χ3n) is 2.66. The Morgan fingerprint density at radius 3 is 2.60 bits per heavy atom. The van der Waals surface area contributed by atoms with Crippen molar-refractivity contribution in [1.29, 1.82) is 0 Å². The smallest absolute Gasteiger partial charge is 0.262 e. The third kappa shape index (κ3) is 3.21. The largest absolute Gasteiger partial charge is 0.396 e. The fourth-order valence-electron chi connectivity index (χ4n) is 1.72. The summed E-state index contributed by atoms with van der Waals surface area (Å²) < 4.78 is 41.3. The molecule has 0 aromatic heterocycles. The molecular formula is C13H12FIN2O2S. The second-order valence-corrected chi connectivity index (χ2v) is 7.15. The van der Waals surface area contributed by atoms with E-state index in [0.717, 1.165) is 15.7 Å². The highest BCUT2D eigenvalue weighted by Crippen LogP contribution is 2.24. The molecule has 0 aliphatic rings. The van der Waals surface area contributed by atoms with Gasteiger partial charge >= 0.3 is 0 Å². The molecule has 0 aliphatic heterocycles. The van der Waals surface area contributed by atoms with Gasteiger partial charge < -0.3 is 5.73 Å². The van der Waals surface area contributed by atoms with Crippen molar-refractivity contribution in [3.8, 4) is 0 Å². The molecule has 0 spiro atoms. The Morgan fingerprint density at radius 2 is 1.95 bits per heavy atom. The summed E-state index contributed by atoms with van der Waals surface area (Å²) in [5.41, 5.74) is 5.98. The second kappa shape index (κ2) is 5.57. The molecule has 0 saturated heterocycles. The van der Waals surface area contributed by atoms with Crippen LogP contribution in [0.25, 0.3) is 0 Å². The first-order valence-electron chi connectivity index (χ1n) is 5.63. The summed E-state index contributed by atoms with van der Waals surface area (Å²) in [5, 5.41) is 0.